The van der Waals surface area contributed by atoms with Crippen LogP contribution in [0.4, 0.5) is 0 Å². The van der Waals surface area contributed by atoms with E-state index in [1.54, 1.807) is 10.9 Å². The van der Waals surface area contributed by atoms with Crippen LogP contribution in [0.15, 0.2) is 22.7 Å². The maximum atomic E-state index is 11.4. The number of aryl methyl sites for hydroxylation is 1. The molecule has 0 unspecified atom stereocenters. The van der Waals surface area contributed by atoms with Gasteiger partial charge in [-0.05, 0) is 25.0 Å². The first-order valence-electron chi connectivity index (χ1n) is 7.99. The van der Waals surface area contributed by atoms with Crippen molar-refractivity contribution in [2.24, 2.45) is 0 Å². The summed E-state index contributed by atoms with van der Waals surface area (Å²) < 4.78 is 12.2. The van der Waals surface area contributed by atoms with E-state index in [1.165, 1.54) is 7.11 Å². The lowest BCUT2D eigenvalue weighted by Crippen LogP contribution is -2.34. The molecule has 0 bridgehead atoms. The Bertz CT molecular complexity index is 656. The molecule has 1 saturated heterocycles. The van der Waals surface area contributed by atoms with Gasteiger partial charge in [0, 0.05) is 19.5 Å². The van der Waals surface area contributed by atoms with Gasteiger partial charge in [-0.3, -0.25) is 4.90 Å². The number of rotatable bonds is 5. The minimum atomic E-state index is -0.446. The third kappa shape index (κ3) is 3.61. The van der Waals surface area contributed by atoms with Gasteiger partial charge in [0.1, 0.15) is 11.5 Å². The Morgan fingerprint density at radius 2 is 2.09 bits per heavy atom. The Kier molecular flexibility index (Phi) is 4.76. The summed E-state index contributed by atoms with van der Waals surface area (Å²) in [4.78, 5) is 13.8. The molecule has 1 aliphatic heterocycles. The van der Waals surface area contributed by atoms with Crippen molar-refractivity contribution in [3.05, 3.63) is 35.5 Å². The summed E-state index contributed by atoms with van der Waals surface area (Å²) in [5, 5.41) is 7.93. The highest BCUT2D eigenvalue weighted by atomic mass is 16.5. The quantitative estimate of drug-likeness (QED) is 0.786. The van der Waals surface area contributed by atoms with Crippen LogP contribution in [0.1, 0.15) is 47.8 Å². The highest BCUT2D eigenvalue weighted by Gasteiger charge is 2.23. The molecule has 2 aromatic heterocycles. The molecular formula is C16H22N4O3. The summed E-state index contributed by atoms with van der Waals surface area (Å²) in [7, 11) is 1.35. The van der Waals surface area contributed by atoms with Crippen molar-refractivity contribution < 1.29 is 13.9 Å². The van der Waals surface area contributed by atoms with Gasteiger partial charge in [-0.25, -0.2) is 9.48 Å². The molecule has 0 amide bonds. The van der Waals surface area contributed by atoms with Gasteiger partial charge in [0.25, 0.3) is 0 Å². The van der Waals surface area contributed by atoms with E-state index >= 15 is 0 Å². The fourth-order valence-corrected chi connectivity index (χ4v) is 2.91. The Morgan fingerprint density at radius 3 is 2.74 bits per heavy atom. The van der Waals surface area contributed by atoms with Crippen LogP contribution in [-0.4, -0.2) is 46.1 Å². The average molecular weight is 318 g/mol. The molecule has 1 aliphatic rings. The normalized spacial score (nSPS) is 16.6. The number of furan rings is 1. The standard InChI is InChI=1S/C16H22N4O3/c1-3-13-4-5-14(23-13)10-19-8-6-12(7-9-19)20-11-15(17-18-20)16(21)22-2/h4-5,11-12H,3,6-10H2,1-2H3. The molecule has 0 aromatic carbocycles. The average Bonchev–Trinajstić information content (AvgIpc) is 3.24. The van der Waals surface area contributed by atoms with Crippen molar-refractivity contribution in [2.75, 3.05) is 20.2 Å². The van der Waals surface area contributed by atoms with Crippen LogP contribution in [0.3, 0.4) is 0 Å². The molecular weight excluding hydrogens is 296 g/mol. The Labute approximate surface area is 135 Å². The van der Waals surface area contributed by atoms with Crippen LogP contribution in [0.5, 0.6) is 0 Å². The van der Waals surface area contributed by atoms with E-state index in [-0.39, 0.29) is 11.7 Å². The number of aromatic nitrogens is 3. The minimum absolute atomic E-state index is 0.262. The van der Waals surface area contributed by atoms with Crippen LogP contribution < -0.4 is 0 Å². The molecule has 0 spiro atoms. The van der Waals surface area contributed by atoms with Crippen LogP contribution in [-0.2, 0) is 17.7 Å². The number of hydrogen-bond acceptors (Lipinski definition) is 6. The first-order chi connectivity index (χ1) is 11.2. The van der Waals surface area contributed by atoms with Gasteiger partial charge < -0.3 is 9.15 Å². The Balaban J connectivity index is 1.53. The summed E-state index contributed by atoms with van der Waals surface area (Å²) in [5.74, 6) is 1.61. The predicted octanol–water partition coefficient (Wildman–Crippen LogP) is 2.06. The monoisotopic (exact) mass is 318 g/mol. The largest absolute Gasteiger partial charge is 0.465 e. The number of likely N-dealkylation sites (tertiary alicyclic amines) is 1. The summed E-state index contributed by atoms with van der Waals surface area (Å²) >= 11 is 0. The Morgan fingerprint density at radius 1 is 1.35 bits per heavy atom. The maximum absolute atomic E-state index is 11.4. The molecule has 0 atom stereocenters. The zero-order valence-corrected chi connectivity index (χ0v) is 13.6. The smallest absolute Gasteiger partial charge is 0.360 e. The minimum Gasteiger partial charge on any atom is -0.465 e. The highest BCUT2D eigenvalue weighted by molar-refractivity contribution is 5.86. The third-order valence-corrected chi connectivity index (χ3v) is 4.28. The van der Waals surface area contributed by atoms with Crippen molar-refractivity contribution in [3.8, 4) is 0 Å². The molecule has 23 heavy (non-hydrogen) atoms. The second kappa shape index (κ2) is 6.95. The zero-order chi connectivity index (χ0) is 16.2. The SMILES string of the molecule is CCc1ccc(CN2CCC(n3cc(C(=O)OC)nn3)CC2)o1. The molecule has 0 radical (unpaired) electrons. The number of carbonyl (C=O) groups is 1. The molecule has 2 aromatic rings. The number of piperidine rings is 1. The van der Waals surface area contributed by atoms with Crippen LogP contribution in [0.2, 0.25) is 0 Å². The molecule has 0 N–H and O–H groups in total. The molecule has 1 fully saturated rings. The summed E-state index contributed by atoms with van der Waals surface area (Å²) in [6.45, 7) is 4.88. The summed E-state index contributed by atoms with van der Waals surface area (Å²) in [5.41, 5.74) is 0.262. The van der Waals surface area contributed by atoms with Crippen molar-refractivity contribution in [1.29, 1.82) is 0 Å². The summed E-state index contributed by atoms with van der Waals surface area (Å²) in [6, 6.07) is 4.39. The van der Waals surface area contributed by atoms with Crippen molar-refractivity contribution in [3.63, 3.8) is 0 Å². The van der Waals surface area contributed by atoms with E-state index in [2.05, 4.69) is 32.9 Å². The van der Waals surface area contributed by atoms with Gasteiger partial charge in [0.2, 0.25) is 0 Å². The number of ether oxygens (including phenoxy) is 1. The van der Waals surface area contributed by atoms with E-state index < -0.39 is 5.97 Å². The lowest BCUT2D eigenvalue weighted by Gasteiger charge is -2.31. The number of hydrogen-bond donors (Lipinski definition) is 0. The van der Waals surface area contributed by atoms with E-state index in [0.717, 1.165) is 50.4 Å². The first kappa shape index (κ1) is 15.7. The second-order valence-corrected chi connectivity index (χ2v) is 5.80. The van der Waals surface area contributed by atoms with Gasteiger partial charge >= 0.3 is 5.97 Å². The third-order valence-electron chi connectivity index (χ3n) is 4.28. The van der Waals surface area contributed by atoms with Gasteiger partial charge in [-0.1, -0.05) is 12.1 Å². The van der Waals surface area contributed by atoms with Gasteiger partial charge in [0.15, 0.2) is 5.69 Å². The van der Waals surface area contributed by atoms with Crippen molar-refractivity contribution in [2.45, 2.75) is 38.8 Å². The lowest BCUT2D eigenvalue weighted by molar-refractivity contribution is 0.0594. The fourth-order valence-electron chi connectivity index (χ4n) is 2.91. The van der Waals surface area contributed by atoms with Crippen molar-refractivity contribution in [1.82, 2.24) is 19.9 Å². The van der Waals surface area contributed by atoms with Crippen molar-refractivity contribution >= 4 is 5.97 Å². The highest BCUT2D eigenvalue weighted by Crippen LogP contribution is 2.23. The van der Waals surface area contributed by atoms with Gasteiger partial charge in [0.05, 0.1) is 25.9 Å². The summed E-state index contributed by atoms with van der Waals surface area (Å²) in [6.07, 6.45) is 4.56. The topological polar surface area (TPSA) is 73.4 Å². The molecule has 3 heterocycles. The van der Waals surface area contributed by atoms with Crippen LogP contribution >= 0.6 is 0 Å². The van der Waals surface area contributed by atoms with Gasteiger partial charge in [-0.15, -0.1) is 5.10 Å². The molecule has 3 rings (SSSR count). The fraction of sp³-hybridized carbons (Fsp3) is 0.562. The zero-order valence-electron chi connectivity index (χ0n) is 13.6. The van der Waals surface area contributed by atoms with Crippen LogP contribution in [0.25, 0.3) is 0 Å². The van der Waals surface area contributed by atoms with E-state index in [1.807, 2.05) is 6.07 Å². The molecule has 0 aliphatic carbocycles. The van der Waals surface area contributed by atoms with Crippen LogP contribution in [0, 0.1) is 0 Å². The lowest BCUT2D eigenvalue weighted by atomic mass is 10.1. The molecule has 7 nitrogen and oxygen atoms in total. The maximum Gasteiger partial charge on any atom is 0.360 e. The number of carbonyl (C=O) groups excluding carboxylic acids is 1. The second-order valence-electron chi connectivity index (χ2n) is 5.80. The van der Waals surface area contributed by atoms with Gasteiger partial charge in [-0.2, -0.15) is 0 Å². The number of nitrogens with zero attached hydrogens (tertiary/aromatic N) is 4. The molecule has 0 saturated carbocycles. The molecule has 124 valence electrons. The number of methoxy groups -OCH3 is 1. The first-order valence-corrected chi connectivity index (χ1v) is 7.99. The number of esters is 1. The molecule has 7 heteroatoms. The Hall–Kier alpha value is -2.15. The predicted molar refractivity (Wildman–Crippen MR) is 83.0 cm³/mol. The van der Waals surface area contributed by atoms with E-state index in [4.69, 9.17) is 4.42 Å². The van der Waals surface area contributed by atoms with E-state index in [9.17, 15) is 4.79 Å². The van der Waals surface area contributed by atoms with E-state index in [0.29, 0.717) is 0 Å².